The molecule has 0 saturated carbocycles. The molecule has 0 aliphatic heterocycles. The summed E-state index contributed by atoms with van der Waals surface area (Å²) in [6.45, 7) is 2.54. The second-order valence-electron chi connectivity index (χ2n) is 4.00. The van der Waals surface area contributed by atoms with Crippen LogP contribution in [0.2, 0.25) is 10.0 Å². The van der Waals surface area contributed by atoms with Crippen LogP contribution in [0, 0.1) is 0 Å². The molecule has 19 heavy (non-hydrogen) atoms. The van der Waals surface area contributed by atoms with Gasteiger partial charge in [-0.05, 0) is 30.7 Å². The molecule has 3 nitrogen and oxygen atoms in total. The summed E-state index contributed by atoms with van der Waals surface area (Å²) in [5, 5.41) is 0.950. The Kier molecular flexibility index (Phi) is 4.64. The summed E-state index contributed by atoms with van der Waals surface area (Å²) in [6.07, 6.45) is 1.54. The highest BCUT2D eigenvalue weighted by atomic mass is 35.5. The number of nitrogens with zero attached hydrogens (tertiary/aromatic N) is 1. The summed E-state index contributed by atoms with van der Waals surface area (Å²) < 4.78 is 5.45. The molecule has 0 bridgehead atoms. The Morgan fingerprint density at radius 2 is 2.11 bits per heavy atom. The highest BCUT2D eigenvalue weighted by Gasteiger charge is 2.15. The third-order valence-corrected chi connectivity index (χ3v) is 3.17. The van der Waals surface area contributed by atoms with Gasteiger partial charge in [-0.2, -0.15) is 0 Å². The molecule has 2 N–H and O–H groups in total. The van der Waals surface area contributed by atoms with E-state index in [1.807, 2.05) is 31.2 Å². The zero-order chi connectivity index (χ0) is 13.8. The Hall–Kier alpha value is -1.29. The van der Waals surface area contributed by atoms with Crippen molar-refractivity contribution in [3.8, 4) is 5.75 Å². The normalized spacial score (nSPS) is 12.2. The number of nitrogens with two attached hydrogens (primary N) is 1. The summed E-state index contributed by atoms with van der Waals surface area (Å²) in [5.41, 5.74) is 7.67. The molecule has 0 aliphatic rings. The van der Waals surface area contributed by atoms with Gasteiger partial charge in [-0.3, -0.25) is 4.98 Å². The highest BCUT2D eigenvalue weighted by Crippen LogP contribution is 2.28. The highest BCUT2D eigenvalue weighted by molar-refractivity contribution is 6.34. The molecule has 1 aromatic heterocycles. The molecule has 2 aromatic rings. The average Bonchev–Trinajstić information content (AvgIpc) is 2.39. The fourth-order valence-corrected chi connectivity index (χ4v) is 2.27. The minimum Gasteiger partial charge on any atom is -0.494 e. The maximum Gasteiger partial charge on any atom is 0.119 e. The molecular weight excluding hydrogens is 283 g/mol. The van der Waals surface area contributed by atoms with Gasteiger partial charge in [0, 0.05) is 6.20 Å². The lowest BCUT2D eigenvalue weighted by Gasteiger charge is -2.14. The summed E-state index contributed by atoms with van der Waals surface area (Å²) in [7, 11) is 0. The van der Waals surface area contributed by atoms with Gasteiger partial charge in [0.2, 0.25) is 0 Å². The van der Waals surface area contributed by atoms with Crippen molar-refractivity contribution in [1.29, 1.82) is 0 Å². The van der Waals surface area contributed by atoms with E-state index in [1.165, 1.54) is 6.20 Å². The van der Waals surface area contributed by atoms with Gasteiger partial charge >= 0.3 is 0 Å². The first-order valence-corrected chi connectivity index (χ1v) is 6.66. The molecule has 0 fully saturated rings. The lowest BCUT2D eigenvalue weighted by molar-refractivity contribution is 0.340. The van der Waals surface area contributed by atoms with E-state index in [9.17, 15) is 0 Å². The van der Waals surface area contributed by atoms with Gasteiger partial charge in [0.25, 0.3) is 0 Å². The van der Waals surface area contributed by atoms with Crippen LogP contribution in [0.1, 0.15) is 24.2 Å². The Morgan fingerprint density at radius 1 is 1.32 bits per heavy atom. The molecule has 0 radical (unpaired) electrons. The second kappa shape index (κ2) is 6.24. The monoisotopic (exact) mass is 296 g/mol. The first-order valence-electron chi connectivity index (χ1n) is 5.91. The largest absolute Gasteiger partial charge is 0.494 e. The van der Waals surface area contributed by atoms with Crippen LogP contribution < -0.4 is 10.5 Å². The number of rotatable bonds is 4. The van der Waals surface area contributed by atoms with Gasteiger partial charge in [-0.25, -0.2) is 0 Å². The standard InChI is InChI=1S/C14H14Cl2N2O/c1-2-19-11-5-3-4-9(6-11)13(17)14-12(16)7-10(15)8-18-14/h3-8,13H,2,17H2,1H3. The molecule has 1 aromatic carbocycles. The third kappa shape index (κ3) is 3.38. The van der Waals surface area contributed by atoms with Crippen LogP contribution in [0.4, 0.5) is 0 Å². The van der Waals surface area contributed by atoms with Crippen LogP contribution in [0.25, 0.3) is 0 Å². The number of pyridine rings is 1. The van der Waals surface area contributed by atoms with Crippen LogP contribution in [-0.4, -0.2) is 11.6 Å². The van der Waals surface area contributed by atoms with E-state index in [4.69, 9.17) is 33.7 Å². The van der Waals surface area contributed by atoms with Crippen LogP contribution in [0.3, 0.4) is 0 Å². The van der Waals surface area contributed by atoms with Crippen molar-refractivity contribution in [1.82, 2.24) is 4.98 Å². The number of ether oxygens (including phenoxy) is 1. The van der Waals surface area contributed by atoms with Gasteiger partial charge in [-0.15, -0.1) is 0 Å². The number of hydrogen-bond donors (Lipinski definition) is 1. The van der Waals surface area contributed by atoms with E-state index in [1.54, 1.807) is 6.07 Å². The van der Waals surface area contributed by atoms with Crippen molar-refractivity contribution in [2.45, 2.75) is 13.0 Å². The minimum atomic E-state index is -0.412. The van der Waals surface area contributed by atoms with E-state index >= 15 is 0 Å². The van der Waals surface area contributed by atoms with Crippen molar-refractivity contribution in [2.24, 2.45) is 5.73 Å². The van der Waals surface area contributed by atoms with Crippen molar-refractivity contribution < 1.29 is 4.74 Å². The van der Waals surface area contributed by atoms with Crippen LogP contribution in [0.5, 0.6) is 5.75 Å². The summed E-state index contributed by atoms with van der Waals surface area (Å²) in [6, 6.07) is 8.81. The number of halogens is 2. The first kappa shape index (κ1) is 14.1. The van der Waals surface area contributed by atoms with Crippen molar-refractivity contribution in [3.05, 3.63) is 57.8 Å². The predicted molar refractivity (Wildman–Crippen MR) is 77.9 cm³/mol. The molecule has 1 heterocycles. The Bertz CT molecular complexity index is 575. The van der Waals surface area contributed by atoms with Gasteiger partial charge < -0.3 is 10.5 Å². The van der Waals surface area contributed by atoms with Crippen LogP contribution in [-0.2, 0) is 0 Å². The topological polar surface area (TPSA) is 48.1 Å². The molecule has 0 spiro atoms. The SMILES string of the molecule is CCOc1cccc(C(N)c2ncc(Cl)cc2Cl)c1. The zero-order valence-corrected chi connectivity index (χ0v) is 11.9. The lowest BCUT2D eigenvalue weighted by Crippen LogP contribution is -2.14. The molecular formula is C14H14Cl2N2O. The van der Waals surface area contributed by atoms with Crippen molar-refractivity contribution >= 4 is 23.2 Å². The number of benzene rings is 1. The quantitative estimate of drug-likeness (QED) is 0.933. The summed E-state index contributed by atoms with van der Waals surface area (Å²) >= 11 is 11.9. The lowest BCUT2D eigenvalue weighted by atomic mass is 10.0. The molecule has 100 valence electrons. The summed E-state index contributed by atoms with van der Waals surface area (Å²) in [4.78, 5) is 4.20. The fourth-order valence-electron chi connectivity index (χ4n) is 1.78. The molecule has 1 atom stereocenters. The Morgan fingerprint density at radius 3 is 2.79 bits per heavy atom. The van der Waals surface area contributed by atoms with E-state index in [2.05, 4.69) is 4.98 Å². The van der Waals surface area contributed by atoms with E-state index < -0.39 is 6.04 Å². The van der Waals surface area contributed by atoms with E-state index in [-0.39, 0.29) is 0 Å². The zero-order valence-electron chi connectivity index (χ0n) is 10.4. The summed E-state index contributed by atoms with van der Waals surface area (Å²) in [5.74, 6) is 0.778. The Balaban J connectivity index is 2.32. The third-order valence-electron chi connectivity index (χ3n) is 2.66. The maximum absolute atomic E-state index is 6.19. The van der Waals surface area contributed by atoms with E-state index in [0.29, 0.717) is 22.3 Å². The van der Waals surface area contributed by atoms with Gasteiger partial charge in [0.15, 0.2) is 0 Å². The first-order chi connectivity index (χ1) is 9.11. The molecule has 0 aliphatic carbocycles. The molecule has 0 saturated heterocycles. The van der Waals surface area contributed by atoms with Crippen molar-refractivity contribution in [2.75, 3.05) is 6.61 Å². The number of aromatic nitrogens is 1. The molecule has 1 unspecified atom stereocenters. The minimum absolute atomic E-state index is 0.412. The fraction of sp³-hybridized carbons (Fsp3) is 0.214. The van der Waals surface area contributed by atoms with Gasteiger partial charge in [0.1, 0.15) is 5.75 Å². The van der Waals surface area contributed by atoms with E-state index in [0.717, 1.165) is 11.3 Å². The molecule has 0 amide bonds. The van der Waals surface area contributed by atoms with Crippen LogP contribution >= 0.6 is 23.2 Å². The predicted octanol–water partition coefficient (Wildman–Crippen LogP) is 3.84. The second-order valence-corrected chi connectivity index (χ2v) is 4.85. The average molecular weight is 297 g/mol. The maximum atomic E-state index is 6.19. The van der Waals surface area contributed by atoms with Gasteiger partial charge in [0.05, 0.1) is 28.4 Å². The Labute approximate surface area is 122 Å². The number of hydrogen-bond acceptors (Lipinski definition) is 3. The molecule has 2 rings (SSSR count). The molecule has 5 heteroatoms. The van der Waals surface area contributed by atoms with Crippen LogP contribution in [0.15, 0.2) is 36.5 Å². The van der Waals surface area contributed by atoms with Gasteiger partial charge in [-0.1, -0.05) is 35.3 Å². The smallest absolute Gasteiger partial charge is 0.119 e. The van der Waals surface area contributed by atoms with Crippen molar-refractivity contribution in [3.63, 3.8) is 0 Å².